The standard InChI is InChI=1S/C20H29N3O2/c1-6-9-23-17-8-7-16(22-19(24)14(4)5)10-15(17)11-18(23)20(25)21-12-13(2)3/h7-8,10-11,13-14H,6,9,12H2,1-5H3,(H,21,25)(H,22,24). The summed E-state index contributed by atoms with van der Waals surface area (Å²) in [6.07, 6.45) is 0.945. The van der Waals surface area contributed by atoms with Gasteiger partial charge in [0.05, 0.1) is 0 Å². The lowest BCUT2D eigenvalue weighted by Crippen LogP contribution is -2.29. The number of nitrogens with one attached hydrogen (secondary N) is 2. The van der Waals surface area contributed by atoms with E-state index in [0.717, 1.165) is 29.6 Å². The van der Waals surface area contributed by atoms with Crippen molar-refractivity contribution in [3.05, 3.63) is 30.0 Å². The molecule has 2 N–H and O–H groups in total. The van der Waals surface area contributed by atoms with Gasteiger partial charge >= 0.3 is 0 Å². The molecule has 5 heteroatoms. The molecule has 0 aliphatic heterocycles. The molecule has 0 spiro atoms. The lowest BCUT2D eigenvalue weighted by Gasteiger charge is -2.11. The van der Waals surface area contributed by atoms with Gasteiger partial charge in [0.15, 0.2) is 0 Å². The van der Waals surface area contributed by atoms with Crippen molar-refractivity contribution in [3.8, 4) is 0 Å². The number of nitrogens with zero attached hydrogens (tertiary/aromatic N) is 1. The van der Waals surface area contributed by atoms with Crippen molar-refractivity contribution in [3.63, 3.8) is 0 Å². The van der Waals surface area contributed by atoms with E-state index in [0.29, 0.717) is 18.2 Å². The van der Waals surface area contributed by atoms with E-state index in [2.05, 4.69) is 36.0 Å². The van der Waals surface area contributed by atoms with E-state index in [-0.39, 0.29) is 17.7 Å². The number of hydrogen-bond acceptors (Lipinski definition) is 2. The number of carbonyl (C=O) groups is 2. The number of benzene rings is 1. The Morgan fingerprint density at radius 3 is 2.44 bits per heavy atom. The number of rotatable bonds is 7. The zero-order chi connectivity index (χ0) is 18.6. The first-order valence-electron chi connectivity index (χ1n) is 9.05. The Morgan fingerprint density at radius 2 is 1.84 bits per heavy atom. The summed E-state index contributed by atoms with van der Waals surface area (Å²) in [5.74, 6) is 0.275. The molecule has 0 unspecified atom stereocenters. The summed E-state index contributed by atoms with van der Waals surface area (Å²) in [6.45, 7) is 11.4. The van der Waals surface area contributed by atoms with Gasteiger partial charge in [0.2, 0.25) is 5.91 Å². The van der Waals surface area contributed by atoms with E-state index in [1.54, 1.807) is 0 Å². The summed E-state index contributed by atoms with van der Waals surface area (Å²) >= 11 is 0. The van der Waals surface area contributed by atoms with Gasteiger partial charge < -0.3 is 15.2 Å². The summed E-state index contributed by atoms with van der Waals surface area (Å²) in [7, 11) is 0. The maximum atomic E-state index is 12.6. The molecule has 0 fully saturated rings. The van der Waals surface area contributed by atoms with E-state index < -0.39 is 0 Å². The molecule has 0 aliphatic rings. The molecule has 0 atom stereocenters. The van der Waals surface area contributed by atoms with Crippen LogP contribution in [0.15, 0.2) is 24.3 Å². The maximum Gasteiger partial charge on any atom is 0.267 e. The molecule has 2 amide bonds. The summed E-state index contributed by atoms with van der Waals surface area (Å²) in [6, 6.07) is 7.71. The van der Waals surface area contributed by atoms with Crippen molar-refractivity contribution in [1.82, 2.24) is 9.88 Å². The van der Waals surface area contributed by atoms with E-state index in [9.17, 15) is 9.59 Å². The van der Waals surface area contributed by atoms with Crippen molar-refractivity contribution in [2.24, 2.45) is 11.8 Å². The van der Waals surface area contributed by atoms with Crippen LogP contribution in [-0.4, -0.2) is 22.9 Å². The highest BCUT2D eigenvalue weighted by Crippen LogP contribution is 2.24. The zero-order valence-corrected chi connectivity index (χ0v) is 15.8. The van der Waals surface area contributed by atoms with E-state index in [1.165, 1.54) is 0 Å². The molecule has 2 rings (SSSR count). The van der Waals surface area contributed by atoms with Crippen LogP contribution in [0.3, 0.4) is 0 Å². The van der Waals surface area contributed by atoms with Gasteiger partial charge in [-0.1, -0.05) is 34.6 Å². The molecule has 1 aromatic carbocycles. The van der Waals surface area contributed by atoms with Gasteiger partial charge in [0.1, 0.15) is 5.69 Å². The maximum absolute atomic E-state index is 12.6. The highest BCUT2D eigenvalue weighted by molar-refractivity contribution is 6.00. The van der Waals surface area contributed by atoms with Gasteiger partial charge in [0, 0.05) is 35.6 Å². The van der Waals surface area contributed by atoms with Crippen LogP contribution < -0.4 is 10.6 Å². The van der Waals surface area contributed by atoms with Crippen LogP contribution >= 0.6 is 0 Å². The Bertz CT molecular complexity index is 760. The average molecular weight is 343 g/mol. The summed E-state index contributed by atoms with van der Waals surface area (Å²) in [5, 5.41) is 6.87. The molecule has 0 radical (unpaired) electrons. The minimum absolute atomic E-state index is 0.0118. The Kier molecular flexibility index (Phi) is 6.23. The van der Waals surface area contributed by atoms with E-state index in [4.69, 9.17) is 0 Å². The normalized spacial score (nSPS) is 11.3. The largest absolute Gasteiger partial charge is 0.351 e. The molecule has 0 aliphatic carbocycles. The van der Waals surface area contributed by atoms with Gasteiger partial charge in [-0.05, 0) is 36.6 Å². The van der Waals surface area contributed by atoms with E-state index in [1.807, 2.05) is 38.1 Å². The SMILES string of the molecule is CCCn1c(C(=O)NCC(C)C)cc2cc(NC(=O)C(C)C)ccc21. The molecular formula is C20H29N3O2. The van der Waals surface area contributed by atoms with Crippen LogP contribution in [0.25, 0.3) is 10.9 Å². The third-order valence-corrected chi connectivity index (χ3v) is 4.04. The lowest BCUT2D eigenvalue weighted by atomic mass is 10.2. The molecule has 0 bridgehead atoms. The topological polar surface area (TPSA) is 63.1 Å². The van der Waals surface area contributed by atoms with Gasteiger partial charge in [-0.15, -0.1) is 0 Å². The number of aryl methyl sites for hydroxylation is 1. The Morgan fingerprint density at radius 1 is 1.12 bits per heavy atom. The van der Waals surface area contributed by atoms with Crippen LogP contribution in [0.4, 0.5) is 5.69 Å². The number of aromatic nitrogens is 1. The molecule has 0 saturated carbocycles. The Balaban J connectivity index is 2.36. The molecule has 2 aromatic rings. The first-order chi connectivity index (χ1) is 11.8. The van der Waals surface area contributed by atoms with Crippen LogP contribution in [0.5, 0.6) is 0 Å². The summed E-state index contributed by atoms with van der Waals surface area (Å²) in [5.41, 5.74) is 2.44. The zero-order valence-electron chi connectivity index (χ0n) is 15.8. The van der Waals surface area contributed by atoms with Crippen LogP contribution in [0.1, 0.15) is 51.5 Å². The fraction of sp³-hybridized carbons (Fsp3) is 0.500. The molecule has 25 heavy (non-hydrogen) atoms. The van der Waals surface area contributed by atoms with Gasteiger partial charge in [0.25, 0.3) is 5.91 Å². The molecule has 136 valence electrons. The van der Waals surface area contributed by atoms with Crippen LogP contribution in [-0.2, 0) is 11.3 Å². The molecule has 1 aromatic heterocycles. The fourth-order valence-electron chi connectivity index (χ4n) is 2.68. The van der Waals surface area contributed by atoms with Crippen molar-refractivity contribution in [2.45, 2.75) is 47.6 Å². The Hall–Kier alpha value is -2.30. The first-order valence-corrected chi connectivity index (χ1v) is 9.05. The first kappa shape index (κ1) is 19.0. The quantitative estimate of drug-likeness (QED) is 0.797. The molecule has 0 saturated heterocycles. The summed E-state index contributed by atoms with van der Waals surface area (Å²) in [4.78, 5) is 24.5. The second-order valence-corrected chi connectivity index (χ2v) is 7.20. The number of amides is 2. The predicted molar refractivity (Wildman–Crippen MR) is 103 cm³/mol. The second kappa shape index (κ2) is 8.19. The predicted octanol–water partition coefficient (Wildman–Crippen LogP) is 4.03. The van der Waals surface area contributed by atoms with E-state index >= 15 is 0 Å². The van der Waals surface area contributed by atoms with Crippen molar-refractivity contribution < 1.29 is 9.59 Å². The van der Waals surface area contributed by atoms with Crippen molar-refractivity contribution in [1.29, 1.82) is 0 Å². The van der Waals surface area contributed by atoms with Crippen LogP contribution in [0.2, 0.25) is 0 Å². The third kappa shape index (κ3) is 4.62. The number of fused-ring (bicyclic) bond motifs is 1. The fourth-order valence-corrected chi connectivity index (χ4v) is 2.68. The van der Waals surface area contributed by atoms with Gasteiger partial charge in [-0.25, -0.2) is 0 Å². The number of anilines is 1. The lowest BCUT2D eigenvalue weighted by molar-refractivity contribution is -0.118. The second-order valence-electron chi connectivity index (χ2n) is 7.20. The monoisotopic (exact) mass is 343 g/mol. The Labute approximate surface area is 149 Å². The minimum atomic E-state index is -0.0715. The third-order valence-electron chi connectivity index (χ3n) is 4.04. The highest BCUT2D eigenvalue weighted by atomic mass is 16.2. The molecule has 5 nitrogen and oxygen atoms in total. The minimum Gasteiger partial charge on any atom is -0.351 e. The van der Waals surface area contributed by atoms with Crippen LogP contribution in [0, 0.1) is 11.8 Å². The van der Waals surface area contributed by atoms with Crippen molar-refractivity contribution >= 4 is 28.4 Å². The summed E-state index contributed by atoms with van der Waals surface area (Å²) < 4.78 is 2.05. The van der Waals surface area contributed by atoms with Gasteiger partial charge in [-0.2, -0.15) is 0 Å². The number of carbonyl (C=O) groups excluding carboxylic acids is 2. The highest BCUT2D eigenvalue weighted by Gasteiger charge is 2.16. The average Bonchev–Trinajstić information content (AvgIpc) is 2.91. The number of hydrogen-bond donors (Lipinski definition) is 2. The molecule has 1 heterocycles. The van der Waals surface area contributed by atoms with Gasteiger partial charge in [-0.3, -0.25) is 9.59 Å². The van der Waals surface area contributed by atoms with Crippen molar-refractivity contribution in [2.75, 3.05) is 11.9 Å². The smallest absolute Gasteiger partial charge is 0.267 e. The molecular weight excluding hydrogens is 314 g/mol.